The number of aliphatic carboxylic acids is 1. The summed E-state index contributed by atoms with van der Waals surface area (Å²) in [7, 11) is 0.845. The van der Waals surface area contributed by atoms with Gasteiger partial charge in [0.2, 0.25) is 0 Å². The summed E-state index contributed by atoms with van der Waals surface area (Å²) in [6, 6.07) is -0.334. The molecular weight excluding hydrogens is 197 g/mol. The average molecular weight is 219 g/mol. The molecule has 2 N–H and O–H groups in total. The maximum Gasteiger partial charge on any atom is 0.320 e. The van der Waals surface area contributed by atoms with Crippen LogP contribution in [0.5, 0.6) is 0 Å². The topological polar surface area (TPSA) is 49.3 Å². The van der Waals surface area contributed by atoms with Gasteiger partial charge in [-0.05, 0) is 32.2 Å². The molecule has 84 valence electrons. The van der Waals surface area contributed by atoms with Gasteiger partial charge < -0.3 is 10.4 Å². The number of carboxylic acid groups (broad SMARTS) is 1. The molecule has 0 aromatic rings. The predicted molar refractivity (Wildman–Crippen MR) is 62.7 cm³/mol. The van der Waals surface area contributed by atoms with Gasteiger partial charge in [0, 0.05) is 0 Å². The maximum atomic E-state index is 10.8. The molecule has 0 bridgehead atoms. The Bertz CT molecular complexity index is 153. The highest BCUT2D eigenvalue weighted by molar-refractivity contribution is 7.36. The molecule has 3 nitrogen and oxygen atoms in total. The van der Waals surface area contributed by atoms with Crippen molar-refractivity contribution in [1.82, 2.24) is 5.32 Å². The minimum Gasteiger partial charge on any atom is -0.480 e. The molecule has 14 heavy (non-hydrogen) atoms. The first-order valence-electron chi connectivity index (χ1n) is 5.33. The van der Waals surface area contributed by atoms with E-state index < -0.39 is 5.97 Å². The van der Waals surface area contributed by atoms with Crippen LogP contribution in [-0.4, -0.2) is 36.5 Å². The molecule has 4 heteroatoms. The average Bonchev–Trinajstić information content (AvgIpc) is 2.16. The molecule has 0 amide bonds. The van der Waals surface area contributed by atoms with E-state index in [1.54, 1.807) is 0 Å². The maximum absolute atomic E-state index is 10.8. The van der Waals surface area contributed by atoms with Gasteiger partial charge in [0.05, 0.1) is 0 Å². The van der Waals surface area contributed by atoms with Crippen molar-refractivity contribution in [3.63, 3.8) is 0 Å². The normalized spacial score (nSPS) is 13.6. The number of nitrogens with one attached hydrogen (secondary N) is 1. The number of carbonyl (C=O) groups is 1. The summed E-state index contributed by atoms with van der Waals surface area (Å²) in [5.74, 6) is -0.709. The van der Waals surface area contributed by atoms with Crippen LogP contribution in [0.25, 0.3) is 0 Å². The van der Waals surface area contributed by atoms with Crippen LogP contribution in [0.2, 0.25) is 0 Å². The van der Waals surface area contributed by atoms with Crippen LogP contribution in [0.3, 0.4) is 0 Å². The van der Waals surface area contributed by atoms with Crippen LogP contribution in [0, 0.1) is 0 Å². The molecule has 0 aromatic heterocycles. The smallest absolute Gasteiger partial charge is 0.320 e. The van der Waals surface area contributed by atoms with E-state index in [2.05, 4.69) is 18.9 Å². The Morgan fingerprint density at radius 3 is 2.71 bits per heavy atom. The van der Waals surface area contributed by atoms with Crippen molar-refractivity contribution < 1.29 is 9.90 Å². The molecule has 2 unspecified atom stereocenters. The lowest BCUT2D eigenvalue weighted by Crippen LogP contribution is -2.37. The Morgan fingerprint density at radius 1 is 1.50 bits per heavy atom. The van der Waals surface area contributed by atoms with Gasteiger partial charge in [-0.15, -0.1) is 8.58 Å². The molecule has 0 aliphatic heterocycles. The summed E-state index contributed by atoms with van der Waals surface area (Å²) in [5.41, 5.74) is 0. The van der Waals surface area contributed by atoms with Gasteiger partial charge in [0.25, 0.3) is 0 Å². The van der Waals surface area contributed by atoms with E-state index in [-0.39, 0.29) is 6.04 Å². The summed E-state index contributed by atoms with van der Waals surface area (Å²) in [6.45, 7) is 5.08. The molecule has 0 spiro atoms. The van der Waals surface area contributed by atoms with Gasteiger partial charge in [-0.1, -0.05) is 19.8 Å². The molecular formula is C10H22NO2P. The monoisotopic (exact) mass is 219 g/mol. The Labute approximate surface area is 88.4 Å². The van der Waals surface area contributed by atoms with Crippen LogP contribution in [0.15, 0.2) is 0 Å². The number of hydrogen-bond donors (Lipinski definition) is 2. The van der Waals surface area contributed by atoms with Crippen molar-refractivity contribution in [3.8, 4) is 0 Å². The quantitative estimate of drug-likeness (QED) is 0.460. The Kier molecular flexibility index (Phi) is 9.32. The van der Waals surface area contributed by atoms with Crippen LogP contribution in [0.1, 0.15) is 32.6 Å². The second-order valence-electron chi connectivity index (χ2n) is 3.44. The third-order valence-electron chi connectivity index (χ3n) is 2.15. The van der Waals surface area contributed by atoms with E-state index in [1.807, 2.05) is 0 Å². The highest BCUT2D eigenvalue weighted by Gasteiger charge is 2.14. The molecule has 0 aromatic carbocycles. The molecule has 0 heterocycles. The van der Waals surface area contributed by atoms with Gasteiger partial charge in [-0.3, -0.25) is 4.79 Å². The fourth-order valence-corrected chi connectivity index (χ4v) is 1.83. The van der Waals surface area contributed by atoms with Crippen LogP contribution < -0.4 is 5.32 Å². The highest BCUT2D eigenvalue weighted by Crippen LogP contribution is 2.07. The fraction of sp³-hybridized carbons (Fsp3) is 0.900. The van der Waals surface area contributed by atoms with E-state index in [9.17, 15) is 4.79 Å². The molecule has 0 rings (SSSR count). The lowest BCUT2D eigenvalue weighted by Gasteiger charge is -2.13. The number of unbranched alkanes of at least 4 members (excludes halogenated alkanes) is 2. The van der Waals surface area contributed by atoms with Gasteiger partial charge >= 0.3 is 5.97 Å². The summed E-state index contributed by atoms with van der Waals surface area (Å²) in [5, 5.41) is 12.0. The van der Waals surface area contributed by atoms with E-state index in [0.717, 1.165) is 34.1 Å². The van der Waals surface area contributed by atoms with Crippen molar-refractivity contribution in [1.29, 1.82) is 0 Å². The SMILES string of the molecule is CCCCCNC(CCPC)C(=O)O. The molecule has 0 saturated heterocycles. The van der Waals surface area contributed by atoms with Crippen LogP contribution in [-0.2, 0) is 4.79 Å². The third-order valence-corrected chi connectivity index (χ3v) is 2.94. The van der Waals surface area contributed by atoms with Gasteiger partial charge in [-0.25, -0.2) is 0 Å². The molecule has 0 aliphatic carbocycles. The van der Waals surface area contributed by atoms with Crippen molar-refractivity contribution in [3.05, 3.63) is 0 Å². The third kappa shape index (κ3) is 7.28. The van der Waals surface area contributed by atoms with Crippen LogP contribution >= 0.6 is 8.58 Å². The van der Waals surface area contributed by atoms with E-state index in [0.29, 0.717) is 0 Å². The lowest BCUT2D eigenvalue weighted by atomic mass is 10.2. The molecule has 0 fully saturated rings. The summed E-state index contributed by atoms with van der Waals surface area (Å²) < 4.78 is 0. The standard InChI is InChI=1S/C10H22NO2P/c1-3-4-5-7-11-9(10(12)13)6-8-14-2/h9,11,14H,3-8H2,1-2H3,(H,12,13). The minimum atomic E-state index is -0.709. The zero-order valence-corrected chi connectivity index (χ0v) is 10.2. The van der Waals surface area contributed by atoms with Crippen molar-refractivity contribution >= 4 is 14.6 Å². The minimum absolute atomic E-state index is 0.334. The number of hydrogen-bond acceptors (Lipinski definition) is 2. The van der Waals surface area contributed by atoms with E-state index >= 15 is 0 Å². The lowest BCUT2D eigenvalue weighted by molar-refractivity contribution is -0.139. The molecule has 2 atom stereocenters. The van der Waals surface area contributed by atoms with Gasteiger partial charge in [0.1, 0.15) is 6.04 Å². The van der Waals surface area contributed by atoms with E-state index in [1.165, 1.54) is 12.8 Å². The summed E-state index contributed by atoms with van der Waals surface area (Å²) in [6.07, 6.45) is 5.20. The van der Waals surface area contributed by atoms with Crippen molar-refractivity contribution in [2.45, 2.75) is 38.6 Å². The predicted octanol–water partition coefficient (Wildman–Crippen LogP) is 1.92. The van der Waals surface area contributed by atoms with E-state index in [4.69, 9.17) is 5.11 Å². The number of carboxylic acids is 1. The zero-order valence-electron chi connectivity index (χ0n) is 9.18. The molecule has 0 saturated carbocycles. The first kappa shape index (κ1) is 13.9. The Balaban J connectivity index is 3.57. The molecule has 0 aliphatic rings. The first-order chi connectivity index (χ1) is 6.72. The van der Waals surface area contributed by atoms with Crippen molar-refractivity contribution in [2.24, 2.45) is 0 Å². The number of rotatable bonds is 9. The largest absolute Gasteiger partial charge is 0.480 e. The first-order valence-corrected chi connectivity index (χ1v) is 7.03. The van der Waals surface area contributed by atoms with Gasteiger partial charge in [-0.2, -0.15) is 0 Å². The summed E-state index contributed by atoms with van der Waals surface area (Å²) in [4.78, 5) is 10.8. The summed E-state index contributed by atoms with van der Waals surface area (Å²) >= 11 is 0. The fourth-order valence-electron chi connectivity index (χ4n) is 1.25. The van der Waals surface area contributed by atoms with Crippen LogP contribution in [0.4, 0.5) is 0 Å². The van der Waals surface area contributed by atoms with Gasteiger partial charge in [0.15, 0.2) is 0 Å². The molecule has 0 radical (unpaired) electrons. The Morgan fingerprint density at radius 2 is 2.21 bits per heavy atom. The zero-order chi connectivity index (χ0) is 10.8. The highest BCUT2D eigenvalue weighted by atomic mass is 31.1. The van der Waals surface area contributed by atoms with Crippen molar-refractivity contribution in [2.75, 3.05) is 19.4 Å². The second kappa shape index (κ2) is 9.42. The Hall–Kier alpha value is -0.140. The second-order valence-corrected chi connectivity index (χ2v) is 4.65.